The van der Waals surface area contributed by atoms with Crippen molar-refractivity contribution < 1.29 is 19.4 Å². The first-order chi connectivity index (χ1) is 14.4. The number of nitrogens with zero attached hydrogens (tertiary/aromatic N) is 1. The minimum absolute atomic E-state index is 0.00501. The van der Waals surface area contributed by atoms with Crippen LogP contribution in [-0.4, -0.2) is 29.7 Å². The van der Waals surface area contributed by atoms with Gasteiger partial charge >= 0.3 is 0 Å². The molecule has 0 atom stereocenters. The first-order valence-electron chi connectivity index (χ1n) is 9.39. The van der Waals surface area contributed by atoms with E-state index in [9.17, 15) is 14.7 Å². The van der Waals surface area contributed by atoms with E-state index in [1.54, 1.807) is 42.5 Å². The fourth-order valence-electron chi connectivity index (χ4n) is 2.59. The lowest BCUT2D eigenvalue weighted by atomic mass is 10.1. The number of nitrogens with one attached hydrogen (secondary N) is 2. The molecule has 0 aromatic heterocycles. The fraction of sp³-hybridized carbons (Fsp3) is 0.227. The van der Waals surface area contributed by atoms with Gasteiger partial charge in [-0.1, -0.05) is 23.7 Å². The molecule has 0 spiro atoms. The molecular weight excluding hydrogens is 406 g/mol. The van der Waals surface area contributed by atoms with Crippen molar-refractivity contribution in [2.24, 2.45) is 5.10 Å². The van der Waals surface area contributed by atoms with Crippen molar-refractivity contribution in [2.75, 3.05) is 11.9 Å². The van der Waals surface area contributed by atoms with Crippen LogP contribution in [0.1, 0.15) is 30.9 Å². The molecule has 0 saturated heterocycles. The number of hydrazone groups is 1. The summed E-state index contributed by atoms with van der Waals surface area (Å²) >= 11 is 5.87. The van der Waals surface area contributed by atoms with Crippen LogP contribution in [0, 0.1) is 0 Å². The Morgan fingerprint density at radius 1 is 1.23 bits per heavy atom. The molecule has 0 heterocycles. The number of benzene rings is 2. The highest BCUT2D eigenvalue weighted by Gasteiger charge is 2.10. The summed E-state index contributed by atoms with van der Waals surface area (Å²) in [6, 6.07) is 10.1. The van der Waals surface area contributed by atoms with Crippen molar-refractivity contribution in [1.82, 2.24) is 5.43 Å². The first-order valence-corrected chi connectivity index (χ1v) is 9.77. The summed E-state index contributed by atoms with van der Waals surface area (Å²) in [4.78, 5) is 23.9. The maximum Gasteiger partial charge on any atom is 0.240 e. The van der Waals surface area contributed by atoms with Gasteiger partial charge in [0, 0.05) is 29.1 Å². The van der Waals surface area contributed by atoms with Gasteiger partial charge in [-0.3, -0.25) is 9.59 Å². The predicted molar refractivity (Wildman–Crippen MR) is 118 cm³/mol. The third-order valence-corrected chi connectivity index (χ3v) is 4.17. The summed E-state index contributed by atoms with van der Waals surface area (Å²) in [5, 5.41) is 17.3. The summed E-state index contributed by atoms with van der Waals surface area (Å²) in [6.07, 6.45) is 3.55. The molecule has 3 N–H and O–H groups in total. The Hall–Kier alpha value is -3.32. The second-order valence-corrected chi connectivity index (χ2v) is 6.74. The van der Waals surface area contributed by atoms with Gasteiger partial charge in [0.05, 0.1) is 12.8 Å². The van der Waals surface area contributed by atoms with E-state index in [1.807, 2.05) is 6.92 Å². The minimum Gasteiger partial charge on any atom is -0.504 e. The molecule has 0 unspecified atom stereocenters. The standard InChI is InChI=1S/C22H24ClN3O4/c1-3-6-16-11-15(12-19(22(16)29)30-4-2)14-24-26-21(28)10-9-20(27)25-18-8-5-7-17(23)13-18/h3,5,7-8,11-14,29H,1,4,6,9-10H2,2H3,(H,25,27)(H,26,28)/b24-14+. The third-order valence-electron chi connectivity index (χ3n) is 3.93. The third kappa shape index (κ3) is 7.25. The van der Waals surface area contributed by atoms with E-state index >= 15 is 0 Å². The van der Waals surface area contributed by atoms with Gasteiger partial charge in [-0.25, -0.2) is 5.43 Å². The molecule has 2 amide bonds. The van der Waals surface area contributed by atoms with E-state index in [2.05, 4.69) is 22.4 Å². The number of carbonyl (C=O) groups excluding carboxylic acids is 2. The lowest BCUT2D eigenvalue weighted by Gasteiger charge is -2.10. The molecule has 0 aliphatic heterocycles. The number of ether oxygens (including phenoxy) is 1. The molecule has 0 fully saturated rings. The van der Waals surface area contributed by atoms with E-state index in [4.69, 9.17) is 16.3 Å². The lowest BCUT2D eigenvalue weighted by molar-refractivity contribution is -0.124. The number of carbonyl (C=O) groups is 2. The largest absolute Gasteiger partial charge is 0.504 e. The van der Waals surface area contributed by atoms with Crippen LogP contribution in [0.5, 0.6) is 11.5 Å². The van der Waals surface area contributed by atoms with Gasteiger partial charge in [-0.05, 0) is 49.2 Å². The van der Waals surface area contributed by atoms with Gasteiger partial charge in [0.2, 0.25) is 11.8 Å². The molecule has 2 aromatic carbocycles. The zero-order valence-corrected chi connectivity index (χ0v) is 17.4. The summed E-state index contributed by atoms with van der Waals surface area (Å²) in [5.74, 6) is -0.307. The number of phenols is 1. The van der Waals surface area contributed by atoms with Crippen LogP contribution < -0.4 is 15.5 Å². The number of hydrogen-bond donors (Lipinski definition) is 3. The Kier molecular flexibility index (Phi) is 8.90. The Morgan fingerprint density at radius 3 is 2.70 bits per heavy atom. The van der Waals surface area contributed by atoms with E-state index in [0.717, 1.165) is 0 Å². The van der Waals surface area contributed by atoms with Crippen LogP contribution in [0.15, 0.2) is 54.2 Å². The number of aromatic hydroxyl groups is 1. The van der Waals surface area contributed by atoms with Crippen molar-refractivity contribution in [3.8, 4) is 11.5 Å². The SMILES string of the molecule is C=CCc1cc(/C=N/NC(=O)CCC(=O)Nc2cccc(Cl)c2)cc(OCC)c1O. The second-order valence-electron chi connectivity index (χ2n) is 6.30. The van der Waals surface area contributed by atoms with Crippen molar-refractivity contribution in [3.63, 3.8) is 0 Å². The molecule has 7 nitrogen and oxygen atoms in total. The summed E-state index contributed by atoms with van der Waals surface area (Å²) in [5.41, 5.74) is 4.24. The van der Waals surface area contributed by atoms with Crippen LogP contribution in [0.4, 0.5) is 5.69 Å². The molecule has 0 aliphatic rings. The molecule has 8 heteroatoms. The second kappa shape index (κ2) is 11.6. The van der Waals surface area contributed by atoms with Gasteiger partial charge in [0.25, 0.3) is 0 Å². The average Bonchev–Trinajstić information content (AvgIpc) is 2.70. The molecule has 0 bridgehead atoms. The number of phenolic OH excluding ortho intramolecular Hbond substituents is 1. The highest BCUT2D eigenvalue weighted by Crippen LogP contribution is 2.31. The van der Waals surface area contributed by atoms with Crippen LogP contribution in [-0.2, 0) is 16.0 Å². The highest BCUT2D eigenvalue weighted by atomic mass is 35.5. The lowest BCUT2D eigenvalue weighted by Crippen LogP contribution is -2.20. The monoisotopic (exact) mass is 429 g/mol. The molecule has 0 aliphatic carbocycles. The van der Waals surface area contributed by atoms with Gasteiger partial charge in [0.1, 0.15) is 0 Å². The van der Waals surface area contributed by atoms with Gasteiger partial charge < -0.3 is 15.2 Å². The Morgan fingerprint density at radius 2 is 2.00 bits per heavy atom. The van der Waals surface area contributed by atoms with Crippen molar-refractivity contribution in [2.45, 2.75) is 26.2 Å². The molecule has 0 radical (unpaired) electrons. The van der Waals surface area contributed by atoms with Crippen molar-refractivity contribution >= 4 is 35.3 Å². The quantitative estimate of drug-likeness (QED) is 0.301. The van der Waals surface area contributed by atoms with Crippen LogP contribution in [0.3, 0.4) is 0 Å². The number of halogens is 1. The molecular formula is C22H24ClN3O4. The van der Waals surface area contributed by atoms with Gasteiger partial charge in [-0.15, -0.1) is 6.58 Å². The number of rotatable bonds is 10. The number of allylic oxidation sites excluding steroid dienone is 1. The molecule has 0 saturated carbocycles. The topological polar surface area (TPSA) is 100 Å². The fourth-order valence-corrected chi connectivity index (χ4v) is 2.78. The maximum atomic E-state index is 11.9. The molecule has 2 aromatic rings. The number of hydrogen-bond acceptors (Lipinski definition) is 5. The van der Waals surface area contributed by atoms with E-state index in [0.29, 0.717) is 40.6 Å². The van der Waals surface area contributed by atoms with Crippen molar-refractivity contribution in [3.05, 3.63) is 65.2 Å². The number of amides is 2. The zero-order chi connectivity index (χ0) is 21.9. The van der Waals surface area contributed by atoms with Crippen LogP contribution in [0.25, 0.3) is 0 Å². The summed E-state index contributed by atoms with van der Waals surface area (Å²) in [7, 11) is 0. The average molecular weight is 430 g/mol. The zero-order valence-electron chi connectivity index (χ0n) is 16.7. The van der Waals surface area contributed by atoms with Crippen molar-refractivity contribution in [1.29, 1.82) is 0 Å². The highest BCUT2D eigenvalue weighted by molar-refractivity contribution is 6.30. The van der Waals surface area contributed by atoms with E-state index in [-0.39, 0.29) is 24.5 Å². The summed E-state index contributed by atoms with van der Waals surface area (Å²) < 4.78 is 5.43. The van der Waals surface area contributed by atoms with E-state index < -0.39 is 5.91 Å². The first kappa shape index (κ1) is 23.0. The van der Waals surface area contributed by atoms with Crippen LogP contribution in [0.2, 0.25) is 5.02 Å². The van der Waals surface area contributed by atoms with Gasteiger partial charge in [0.15, 0.2) is 11.5 Å². The summed E-state index contributed by atoms with van der Waals surface area (Å²) in [6.45, 7) is 5.89. The van der Waals surface area contributed by atoms with Gasteiger partial charge in [-0.2, -0.15) is 5.10 Å². The number of anilines is 1. The predicted octanol–water partition coefficient (Wildman–Crippen LogP) is 4.04. The van der Waals surface area contributed by atoms with Crippen LogP contribution >= 0.6 is 11.6 Å². The Balaban J connectivity index is 1.89. The normalized spacial score (nSPS) is 10.6. The molecule has 158 valence electrons. The maximum absolute atomic E-state index is 11.9. The minimum atomic E-state index is -0.400. The Bertz CT molecular complexity index is 944. The molecule has 2 rings (SSSR count). The molecule has 30 heavy (non-hydrogen) atoms. The smallest absolute Gasteiger partial charge is 0.240 e. The van der Waals surface area contributed by atoms with E-state index in [1.165, 1.54) is 6.21 Å². The Labute approximate surface area is 180 Å².